The van der Waals surface area contributed by atoms with Crippen molar-refractivity contribution in [1.82, 2.24) is 15.6 Å². The van der Waals surface area contributed by atoms with E-state index >= 15 is 0 Å². The second-order valence-corrected chi connectivity index (χ2v) is 10.0. The van der Waals surface area contributed by atoms with E-state index in [2.05, 4.69) is 28.8 Å². The molecule has 2 aromatic rings. The third-order valence-corrected chi connectivity index (χ3v) is 7.47. The van der Waals surface area contributed by atoms with E-state index in [9.17, 15) is 9.59 Å². The van der Waals surface area contributed by atoms with Crippen LogP contribution in [0.25, 0.3) is 5.57 Å². The molecule has 198 valence electrons. The fourth-order valence-corrected chi connectivity index (χ4v) is 5.14. The van der Waals surface area contributed by atoms with Crippen LogP contribution in [0.2, 0.25) is 0 Å². The van der Waals surface area contributed by atoms with Gasteiger partial charge in [0.15, 0.2) is 11.5 Å². The molecule has 5 rings (SSSR count). The summed E-state index contributed by atoms with van der Waals surface area (Å²) < 4.78 is 11.2. The maximum atomic E-state index is 14.1. The third kappa shape index (κ3) is 4.66. The summed E-state index contributed by atoms with van der Waals surface area (Å²) in [6.45, 7) is 1.95. The van der Waals surface area contributed by atoms with Crippen molar-refractivity contribution in [1.29, 1.82) is 0 Å². The minimum atomic E-state index is -1.12. The molecule has 2 aliphatic carbocycles. The fraction of sp³-hybridized carbons (Fsp3) is 0.367. The zero-order valence-corrected chi connectivity index (χ0v) is 22.3. The van der Waals surface area contributed by atoms with Gasteiger partial charge in [-0.1, -0.05) is 48.6 Å². The lowest BCUT2D eigenvalue weighted by Crippen LogP contribution is -2.48. The molecule has 0 spiro atoms. The second-order valence-electron chi connectivity index (χ2n) is 10.0. The zero-order chi connectivity index (χ0) is 26.9. The number of rotatable bonds is 6. The van der Waals surface area contributed by atoms with Crippen LogP contribution in [0.15, 0.2) is 65.8 Å². The molecule has 1 aliphatic heterocycles. The summed E-state index contributed by atoms with van der Waals surface area (Å²) in [5, 5.41) is 12.3. The number of carbonyl (C=O) groups is 2. The molecule has 0 bridgehead atoms. The average molecular weight is 515 g/mol. The van der Waals surface area contributed by atoms with Gasteiger partial charge in [0.05, 0.1) is 26.0 Å². The highest BCUT2D eigenvalue weighted by molar-refractivity contribution is 6.20. The Bertz CT molecular complexity index is 1330. The highest BCUT2D eigenvalue weighted by Gasteiger charge is 2.47. The van der Waals surface area contributed by atoms with Crippen LogP contribution in [0.5, 0.6) is 11.5 Å². The van der Waals surface area contributed by atoms with Crippen LogP contribution in [0.4, 0.5) is 4.79 Å². The molecule has 1 heterocycles. The van der Waals surface area contributed by atoms with Crippen molar-refractivity contribution >= 4 is 23.2 Å². The van der Waals surface area contributed by atoms with Crippen molar-refractivity contribution in [3.63, 3.8) is 0 Å². The van der Waals surface area contributed by atoms with Gasteiger partial charge in [-0.05, 0) is 61.4 Å². The Labute approximate surface area is 223 Å². The molecule has 1 fully saturated rings. The molecule has 0 radical (unpaired) electrons. The van der Waals surface area contributed by atoms with Crippen LogP contribution in [0.1, 0.15) is 42.9 Å². The first-order valence-electron chi connectivity index (χ1n) is 13.0. The Balaban J connectivity index is 1.70. The number of urea groups is 1. The first-order valence-corrected chi connectivity index (χ1v) is 13.0. The predicted octanol–water partition coefficient (Wildman–Crippen LogP) is 4.30. The van der Waals surface area contributed by atoms with Gasteiger partial charge in [0.25, 0.3) is 0 Å². The van der Waals surface area contributed by atoms with Crippen LogP contribution < -0.4 is 20.1 Å². The number of hydrogen-bond acceptors (Lipinski definition) is 5. The van der Waals surface area contributed by atoms with Gasteiger partial charge in [-0.3, -0.25) is 4.79 Å². The van der Waals surface area contributed by atoms with Crippen molar-refractivity contribution < 1.29 is 19.1 Å². The number of ether oxygens (including phenoxy) is 2. The number of hydrazone groups is 1. The molecule has 3 amide bonds. The number of fused-ring (bicyclic) bond motifs is 1. The summed E-state index contributed by atoms with van der Waals surface area (Å²) in [4.78, 5) is 27.1. The first-order chi connectivity index (χ1) is 18.4. The van der Waals surface area contributed by atoms with E-state index in [1.165, 1.54) is 5.01 Å². The van der Waals surface area contributed by atoms with E-state index in [1.54, 1.807) is 21.3 Å². The second kappa shape index (κ2) is 10.4. The molecule has 1 saturated carbocycles. The van der Waals surface area contributed by atoms with E-state index in [4.69, 9.17) is 14.6 Å². The van der Waals surface area contributed by atoms with Gasteiger partial charge < -0.3 is 20.1 Å². The molecular weight excluding hydrogens is 480 g/mol. The minimum absolute atomic E-state index is 0.120. The Morgan fingerprint density at radius 2 is 1.79 bits per heavy atom. The normalized spacial score (nSPS) is 22.4. The molecule has 3 aliphatic rings. The van der Waals surface area contributed by atoms with Gasteiger partial charge in [-0.15, -0.1) is 0 Å². The molecule has 2 atom stereocenters. The standard InChI is InChI=1S/C30H34N4O4/c1-19-16-22-17-25(37-3)26(38-4)18-24(22)27(33-34(19)29(36)31-2)30(28(35)32-23-10-11-23)14-12-21(13-15-30)20-8-6-5-7-9-20/h5-9,12-14,17-19,23H,10-11,15-16H2,1-4H3,(H,31,36)(H,32,35). The van der Waals surface area contributed by atoms with E-state index in [0.717, 1.165) is 35.1 Å². The SMILES string of the molecule is CNC(=O)N1N=C(C2(C(=O)NC3CC3)C=CC(c3ccccc3)=CC2)c2cc(OC)c(OC)cc2CC1C. The van der Waals surface area contributed by atoms with Gasteiger partial charge in [-0.2, -0.15) is 5.10 Å². The largest absolute Gasteiger partial charge is 0.493 e. The first kappa shape index (κ1) is 25.6. The maximum Gasteiger partial charge on any atom is 0.337 e. The predicted molar refractivity (Wildman–Crippen MR) is 147 cm³/mol. The Morgan fingerprint density at radius 1 is 1.08 bits per heavy atom. The lowest BCUT2D eigenvalue weighted by molar-refractivity contribution is -0.125. The van der Waals surface area contributed by atoms with Crippen molar-refractivity contribution in [2.24, 2.45) is 10.5 Å². The molecule has 2 N–H and O–H groups in total. The van der Waals surface area contributed by atoms with Gasteiger partial charge in [0.1, 0.15) is 5.41 Å². The summed E-state index contributed by atoms with van der Waals surface area (Å²) in [5.41, 5.74) is 3.22. The molecule has 8 heteroatoms. The molecule has 38 heavy (non-hydrogen) atoms. The zero-order valence-electron chi connectivity index (χ0n) is 22.3. The number of allylic oxidation sites excluding steroid dienone is 3. The van der Waals surface area contributed by atoms with Crippen molar-refractivity contribution in [3.8, 4) is 11.5 Å². The summed E-state index contributed by atoms with van der Waals surface area (Å²) in [7, 11) is 4.77. The van der Waals surface area contributed by atoms with Crippen LogP contribution in [0, 0.1) is 5.41 Å². The number of carbonyl (C=O) groups excluding carboxylic acids is 2. The lowest BCUT2D eigenvalue weighted by atomic mass is 9.71. The molecule has 0 saturated heterocycles. The van der Waals surface area contributed by atoms with E-state index in [-0.39, 0.29) is 24.0 Å². The summed E-state index contributed by atoms with van der Waals surface area (Å²) in [6.07, 6.45) is 8.89. The number of hydrogen-bond donors (Lipinski definition) is 2. The van der Waals surface area contributed by atoms with Gasteiger partial charge >= 0.3 is 6.03 Å². The number of benzene rings is 2. The monoisotopic (exact) mass is 514 g/mol. The summed E-state index contributed by atoms with van der Waals surface area (Å²) in [5.74, 6) is 1.01. The molecule has 0 aromatic heterocycles. The third-order valence-electron chi connectivity index (χ3n) is 7.47. The van der Waals surface area contributed by atoms with Gasteiger partial charge in [0.2, 0.25) is 5.91 Å². The van der Waals surface area contributed by atoms with E-state index < -0.39 is 5.41 Å². The van der Waals surface area contributed by atoms with Crippen LogP contribution in [-0.4, -0.2) is 56.0 Å². The number of nitrogens with zero attached hydrogens (tertiary/aromatic N) is 2. The van der Waals surface area contributed by atoms with E-state index in [0.29, 0.717) is 30.1 Å². The Hall–Kier alpha value is -4.07. The van der Waals surface area contributed by atoms with Gasteiger partial charge in [-0.25, -0.2) is 9.80 Å². The summed E-state index contributed by atoms with van der Waals surface area (Å²) >= 11 is 0. The van der Waals surface area contributed by atoms with Crippen LogP contribution in [-0.2, 0) is 11.2 Å². The van der Waals surface area contributed by atoms with Gasteiger partial charge in [0, 0.05) is 18.7 Å². The molecule has 2 unspecified atom stereocenters. The quantitative estimate of drug-likeness (QED) is 0.601. The number of methoxy groups -OCH3 is 2. The average Bonchev–Trinajstić information content (AvgIpc) is 3.78. The molecular formula is C30H34N4O4. The maximum absolute atomic E-state index is 14.1. The fourth-order valence-electron chi connectivity index (χ4n) is 5.14. The van der Waals surface area contributed by atoms with Crippen LogP contribution >= 0.6 is 0 Å². The Kier molecular flexibility index (Phi) is 6.97. The van der Waals surface area contributed by atoms with Crippen molar-refractivity contribution in [3.05, 3.63) is 77.4 Å². The smallest absolute Gasteiger partial charge is 0.337 e. The molecule has 2 aromatic carbocycles. The minimum Gasteiger partial charge on any atom is -0.493 e. The number of nitrogens with one attached hydrogen (secondary N) is 2. The highest BCUT2D eigenvalue weighted by atomic mass is 16.5. The number of amides is 3. The lowest BCUT2D eigenvalue weighted by Gasteiger charge is -2.34. The van der Waals surface area contributed by atoms with Crippen LogP contribution in [0.3, 0.4) is 0 Å². The van der Waals surface area contributed by atoms with Crippen molar-refractivity contribution in [2.75, 3.05) is 21.3 Å². The highest BCUT2D eigenvalue weighted by Crippen LogP contribution is 2.42. The van der Waals surface area contributed by atoms with Crippen molar-refractivity contribution in [2.45, 2.75) is 44.7 Å². The van der Waals surface area contributed by atoms with E-state index in [1.807, 2.05) is 49.4 Å². The Morgan fingerprint density at radius 3 is 2.39 bits per heavy atom. The topological polar surface area (TPSA) is 92.3 Å². The molecule has 8 nitrogen and oxygen atoms in total. The summed E-state index contributed by atoms with van der Waals surface area (Å²) in [6, 6.07) is 13.5.